The molecule has 0 radical (unpaired) electrons. The average molecular weight is 482 g/mol. The molecule has 1 aromatic heterocycles. The number of nitrogens with one attached hydrogen (secondary N) is 1. The number of methoxy groups -OCH3 is 1. The summed E-state index contributed by atoms with van der Waals surface area (Å²) in [5, 5.41) is 2.61. The molecule has 1 amide bonds. The molecular weight excluding hydrogens is 460 g/mol. The number of halogens is 2. The van der Waals surface area contributed by atoms with Crippen LogP contribution in [0.15, 0.2) is 76.7 Å². The lowest BCUT2D eigenvalue weighted by atomic mass is 10.2. The molecule has 6 nitrogen and oxygen atoms in total. The van der Waals surface area contributed by atoms with E-state index in [1.54, 1.807) is 50.4 Å². The lowest BCUT2D eigenvalue weighted by Gasteiger charge is -2.17. The van der Waals surface area contributed by atoms with Gasteiger partial charge < -0.3 is 10.1 Å². The summed E-state index contributed by atoms with van der Waals surface area (Å²) in [5.74, 6) is -1.23. The summed E-state index contributed by atoms with van der Waals surface area (Å²) < 4.78 is 34.3. The zero-order valence-electron chi connectivity index (χ0n) is 18.4. The Hall–Kier alpha value is -3.72. The molecule has 1 heterocycles. The number of carbonyl (C=O) groups is 1. The molecule has 0 aliphatic carbocycles. The van der Waals surface area contributed by atoms with E-state index in [1.807, 2.05) is 12.1 Å². The number of ether oxygens (including phenoxy) is 1. The van der Waals surface area contributed by atoms with Crippen LogP contribution in [0.4, 0.5) is 8.78 Å². The van der Waals surface area contributed by atoms with Gasteiger partial charge in [0.1, 0.15) is 17.4 Å². The van der Waals surface area contributed by atoms with Gasteiger partial charge in [-0.3, -0.25) is 14.2 Å². The minimum absolute atomic E-state index is 0.126. The Kier molecular flexibility index (Phi) is 6.93. The van der Waals surface area contributed by atoms with Crippen molar-refractivity contribution in [1.82, 2.24) is 14.9 Å². The molecule has 0 aliphatic rings. The number of carbonyl (C=O) groups excluding carboxylic acids is 1. The standard InChI is InChI=1S/C25H21F2N3O3S/c1-15(23(31)28-14-16-7-10-18(33-2)11-8-16)34-25-29-21-6-4-3-5-19(21)24(32)30(25)22-12-9-17(26)13-20(22)27/h3-13,15H,14H2,1-2H3,(H,28,31). The molecule has 1 unspecified atom stereocenters. The highest BCUT2D eigenvalue weighted by Gasteiger charge is 2.21. The Bertz CT molecular complexity index is 1410. The SMILES string of the molecule is COc1ccc(CNC(=O)C(C)Sc2nc3ccccc3c(=O)n2-c2ccc(F)cc2F)cc1. The first-order valence-electron chi connectivity index (χ1n) is 10.4. The Balaban J connectivity index is 1.63. The molecule has 0 fully saturated rings. The van der Waals surface area contributed by atoms with Gasteiger partial charge in [-0.05, 0) is 48.9 Å². The maximum absolute atomic E-state index is 14.6. The van der Waals surface area contributed by atoms with Crippen molar-refractivity contribution in [3.63, 3.8) is 0 Å². The van der Waals surface area contributed by atoms with Crippen LogP contribution in [-0.2, 0) is 11.3 Å². The summed E-state index contributed by atoms with van der Waals surface area (Å²) in [6.45, 7) is 1.97. The molecule has 9 heteroatoms. The summed E-state index contributed by atoms with van der Waals surface area (Å²) >= 11 is 1.02. The number of fused-ring (bicyclic) bond motifs is 1. The number of hydrogen-bond donors (Lipinski definition) is 1. The van der Waals surface area contributed by atoms with Crippen LogP contribution in [-0.4, -0.2) is 27.8 Å². The van der Waals surface area contributed by atoms with Crippen molar-refractivity contribution < 1.29 is 18.3 Å². The number of amides is 1. The van der Waals surface area contributed by atoms with Crippen LogP contribution in [0.5, 0.6) is 5.75 Å². The Morgan fingerprint density at radius 1 is 1.12 bits per heavy atom. The molecule has 0 bridgehead atoms. The first-order chi connectivity index (χ1) is 16.4. The minimum Gasteiger partial charge on any atom is -0.497 e. The number of rotatable bonds is 7. The normalized spacial score (nSPS) is 11.9. The van der Waals surface area contributed by atoms with Crippen molar-refractivity contribution in [3.05, 3.63) is 94.3 Å². The number of nitrogens with zero attached hydrogens (tertiary/aromatic N) is 2. The fourth-order valence-electron chi connectivity index (χ4n) is 3.35. The zero-order valence-corrected chi connectivity index (χ0v) is 19.2. The van der Waals surface area contributed by atoms with Gasteiger partial charge in [-0.1, -0.05) is 36.0 Å². The van der Waals surface area contributed by atoms with Gasteiger partial charge in [0.05, 0.1) is 29.0 Å². The van der Waals surface area contributed by atoms with Gasteiger partial charge >= 0.3 is 0 Å². The lowest BCUT2D eigenvalue weighted by molar-refractivity contribution is -0.120. The predicted molar refractivity (Wildman–Crippen MR) is 127 cm³/mol. The van der Waals surface area contributed by atoms with E-state index in [1.165, 1.54) is 6.07 Å². The van der Waals surface area contributed by atoms with Gasteiger partial charge in [-0.2, -0.15) is 0 Å². The van der Waals surface area contributed by atoms with Crippen LogP contribution in [0.1, 0.15) is 12.5 Å². The maximum atomic E-state index is 14.6. The summed E-state index contributed by atoms with van der Waals surface area (Å²) in [5.41, 5.74) is 0.655. The van der Waals surface area contributed by atoms with Gasteiger partial charge in [0.25, 0.3) is 5.56 Å². The van der Waals surface area contributed by atoms with E-state index < -0.39 is 22.4 Å². The first kappa shape index (κ1) is 23.4. The molecule has 0 saturated heterocycles. The van der Waals surface area contributed by atoms with Crippen LogP contribution in [0, 0.1) is 11.6 Å². The smallest absolute Gasteiger partial charge is 0.266 e. The number of thioether (sulfide) groups is 1. The highest BCUT2D eigenvalue weighted by molar-refractivity contribution is 8.00. The van der Waals surface area contributed by atoms with Crippen molar-refractivity contribution in [1.29, 1.82) is 0 Å². The van der Waals surface area contributed by atoms with E-state index >= 15 is 0 Å². The number of hydrogen-bond acceptors (Lipinski definition) is 5. The molecule has 1 N–H and O–H groups in total. The van der Waals surface area contributed by atoms with E-state index in [9.17, 15) is 18.4 Å². The Labute approximate surface area is 198 Å². The van der Waals surface area contributed by atoms with Crippen LogP contribution in [0.2, 0.25) is 0 Å². The second-order valence-electron chi connectivity index (χ2n) is 7.47. The van der Waals surface area contributed by atoms with Gasteiger partial charge in [0, 0.05) is 12.6 Å². The highest BCUT2D eigenvalue weighted by Crippen LogP contribution is 2.26. The van der Waals surface area contributed by atoms with Crippen LogP contribution < -0.4 is 15.6 Å². The number of aromatic nitrogens is 2. The predicted octanol–water partition coefficient (Wildman–Crippen LogP) is 4.47. The fourth-order valence-corrected chi connectivity index (χ4v) is 4.30. The van der Waals surface area contributed by atoms with Crippen molar-refractivity contribution in [2.45, 2.75) is 23.9 Å². The molecular formula is C25H21F2N3O3S. The average Bonchev–Trinajstić information content (AvgIpc) is 2.84. The highest BCUT2D eigenvalue weighted by atomic mass is 32.2. The topological polar surface area (TPSA) is 73.2 Å². The quantitative estimate of drug-likeness (QED) is 0.312. The Morgan fingerprint density at radius 2 is 1.85 bits per heavy atom. The van der Waals surface area contributed by atoms with Crippen LogP contribution in [0.3, 0.4) is 0 Å². The third kappa shape index (κ3) is 4.94. The van der Waals surface area contributed by atoms with E-state index in [0.717, 1.165) is 28.0 Å². The lowest BCUT2D eigenvalue weighted by Crippen LogP contribution is -2.31. The minimum atomic E-state index is -0.905. The van der Waals surface area contributed by atoms with Crippen molar-refractivity contribution in [2.24, 2.45) is 0 Å². The molecule has 1 atom stereocenters. The van der Waals surface area contributed by atoms with Crippen LogP contribution >= 0.6 is 11.8 Å². The largest absolute Gasteiger partial charge is 0.497 e. The number of para-hydroxylation sites is 1. The van der Waals surface area contributed by atoms with Crippen LogP contribution in [0.25, 0.3) is 16.6 Å². The molecule has 0 spiro atoms. The first-order valence-corrected chi connectivity index (χ1v) is 11.3. The van der Waals surface area contributed by atoms with Gasteiger partial charge in [0.2, 0.25) is 5.91 Å². The fraction of sp³-hybridized carbons (Fsp3) is 0.160. The van der Waals surface area contributed by atoms with Crippen molar-refractivity contribution >= 4 is 28.6 Å². The summed E-state index contributed by atoms with van der Waals surface area (Å²) in [6.07, 6.45) is 0. The van der Waals surface area contributed by atoms with E-state index in [-0.39, 0.29) is 22.1 Å². The monoisotopic (exact) mass is 481 g/mol. The maximum Gasteiger partial charge on any atom is 0.266 e. The third-order valence-electron chi connectivity index (χ3n) is 5.17. The molecule has 0 saturated carbocycles. The van der Waals surface area contributed by atoms with Gasteiger partial charge in [-0.25, -0.2) is 13.8 Å². The molecule has 174 valence electrons. The van der Waals surface area contributed by atoms with E-state index in [2.05, 4.69) is 10.3 Å². The summed E-state index contributed by atoms with van der Waals surface area (Å²) in [6, 6.07) is 16.9. The summed E-state index contributed by atoms with van der Waals surface area (Å²) in [7, 11) is 1.58. The molecule has 34 heavy (non-hydrogen) atoms. The Morgan fingerprint density at radius 3 is 2.56 bits per heavy atom. The second kappa shape index (κ2) is 10.0. The van der Waals surface area contributed by atoms with E-state index in [4.69, 9.17) is 4.74 Å². The van der Waals surface area contributed by atoms with Gasteiger partial charge in [-0.15, -0.1) is 0 Å². The summed E-state index contributed by atoms with van der Waals surface area (Å²) in [4.78, 5) is 30.5. The van der Waals surface area contributed by atoms with Crippen molar-refractivity contribution in [3.8, 4) is 11.4 Å². The third-order valence-corrected chi connectivity index (χ3v) is 6.23. The van der Waals surface area contributed by atoms with E-state index in [0.29, 0.717) is 23.9 Å². The van der Waals surface area contributed by atoms with Crippen molar-refractivity contribution in [2.75, 3.05) is 7.11 Å². The molecule has 4 rings (SSSR count). The zero-order chi connectivity index (χ0) is 24.2. The van der Waals surface area contributed by atoms with Gasteiger partial charge in [0.15, 0.2) is 5.16 Å². The molecule has 0 aliphatic heterocycles. The molecule has 4 aromatic rings. The number of benzene rings is 3. The second-order valence-corrected chi connectivity index (χ2v) is 8.78. The molecule has 3 aromatic carbocycles.